The van der Waals surface area contributed by atoms with Gasteiger partial charge in [0, 0.05) is 0 Å². The number of unbranched alkanes of at least 4 members (excludes halogenated alkanes) is 11. The zero-order valence-electron chi connectivity index (χ0n) is 17.8. The first kappa shape index (κ1) is 24.0. The quantitative estimate of drug-likeness (QED) is 0.217. The average molecular weight is 340 g/mol. The molecule has 0 heterocycles. The third-order valence-corrected chi connectivity index (χ3v) is 5.09. The van der Waals surface area contributed by atoms with E-state index in [0.717, 1.165) is 5.92 Å². The van der Waals surface area contributed by atoms with E-state index in [1.54, 1.807) is 0 Å². The van der Waals surface area contributed by atoms with Crippen LogP contribution in [0.15, 0.2) is 0 Å². The molecular weight excluding hydrogens is 290 g/mol. The Morgan fingerprint density at radius 3 is 1.25 bits per heavy atom. The second kappa shape index (κ2) is 19.3. The van der Waals surface area contributed by atoms with Crippen LogP contribution in [0.5, 0.6) is 0 Å². The van der Waals surface area contributed by atoms with E-state index in [0.29, 0.717) is 0 Å². The second-order valence-electron chi connectivity index (χ2n) is 8.27. The van der Waals surface area contributed by atoms with Crippen molar-refractivity contribution in [3.8, 4) is 0 Å². The molecule has 0 aliphatic heterocycles. The van der Waals surface area contributed by atoms with Crippen molar-refractivity contribution in [1.82, 2.24) is 4.90 Å². The van der Waals surface area contributed by atoms with Gasteiger partial charge in [-0.25, -0.2) is 0 Å². The van der Waals surface area contributed by atoms with Crippen LogP contribution in [-0.2, 0) is 0 Å². The maximum atomic E-state index is 2.65. The maximum absolute atomic E-state index is 2.65. The molecule has 0 bridgehead atoms. The number of hydrogen-bond acceptors (Lipinski definition) is 1. The third kappa shape index (κ3) is 18.3. The Hall–Kier alpha value is -0.0400. The highest BCUT2D eigenvalue weighted by molar-refractivity contribution is 4.57. The van der Waals surface area contributed by atoms with Gasteiger partial charge in [0.15, 0.2) is 0 Å². The lowest BCUT2D eigenvalue weighted by Gasteiger charge is -2.20. The smallest absolute Gasteiger partial charge is 0.00187 e. The van der Waals surface area contributed by atoms with E-state index in [1.807, 2.05) is 0 Å². The predicted molar refractivity (Wildman–Crippen MR) is 112 cm³/mol. The van der Waals surface area contributed by atoms with E-state index < -0.39 is 0 Å². The Bertz CT molecular complexity index is 218. The van der Waals surface area contributed by atoms with Crippen molar-refractivity contribution in [2.24, 2.45) is 5.92 Å². The molecule has 0 aliphatic rings. The summed E-state index contributed by atoms with van der Waals surface area (Å²) in [6.07, 6.45) is 21.6. The zero-order chi connectivity index (χ0) is 17.9. The first-order chi connectivity index (χ1) is 11.7. The van der Waals surface area contributed by atoms with Crippen LogP contribution in [0.2, 0.25) is 0 Å². The van der Waals surface area contributed by atoms with Crippen molar-refractivity contribution in [3.05, 3.63) is 0 Å². The molecule has 0 saturated heterocycles. The van der Waals surface area contributed by atoms with E-state index in [1.165, 1.54) is 116 Å². The Morgan fingerprint density at radius 2 is 0.875 bits per heavy atom. The molecule has 0 aliphatic carbocycles. The molecular formula is C23H49N. The van der Waals surface area contributed by atoms with Crippen LogP contribution < -0.4 is 0 Å². The molecule has 0 aromatic carbocycles. The summed E-state index contributed by atoms with van der Waals surface area (Å²) in [6.45, 7) is 13.2. The van der Waals surface area contributed by atoms with Crippen molar-refractivity contribution in [2.75, 3.05) is 19.6 Å². The molecule has 0 spiro atoms. The highest BCUT2D eigenvalue weighted by Gasteiger charge is 2.01. The van der Waals surface area contributed by atoms with Crippen LogP contribution in [0, 0.1) is 5.92 Å². The molecule has 0 rings (SSSR count). The molecule has 0 fully saturated rings. The van der Waals surface area contributed by atoms with Gasteiger partial charge in [0.2, 0.25) is 0 Å². The van der Waals surface area contributed by atoms with Gasteiger partial charge in [0.05, 0.1) is 0 Å². The molecule has 0 radical (unpaired) electrons. The molecule has 0 unspecified atom stereocenters. The zero-order valence-corrected chi connectivity index (χ0v) is 17.8. The number of nitrogens with zero attached hydrogens (tertiary/aromatic N) is 1. The highest BCUT2D eigenvalue weighted by Crippen LogP contribution is 2.14. The topological polar surface area (TPSA) is 3.24 Å². The van der Waals surface area contributed by atoms with E-state index in [2.05, 4.69) is 32.6 Å². The van der Waals surface area contributed by atoms with Crippen LogP contribution in [0.25, 0.3) is 0 Å². The Morgan fingerprint density at radius 1 is 0.500 bits per heavy atom. The lowest BCUT2D eigenvalue weighted by atomic mass is 10.0. The van der Waals surface area contributed by atoms with Crippen LogP contribution in [0.1, 0.15) is 124 Å². The van der Waals surface area contributed by atoms with Crippen molar-refractivity contribution in [2.45, 2.75) is 124 Å². The normalized spacial score (nSPS) is 11.8. The van der Waals surface area contributed by atoms with E-state index >= 15 is 0 Å². The van der Waals surface area contributed by atoms with Gasteiger partial charge in [0.25, 0.3) is 0 Å². The molecule has 0 amide bonds. The third-order valence-electron chi connectivity index (χ3n) is 5.09. The average Bonchev–Trinajstić information content (AvgIpc) is 2.55. The number of hydrogen-bond donors (Lipinski definition) is 0. The lowest BCUT2D eigenvalue weighted by Crippen LogP contribution is -2.26. The van der Waals surface area contributed by atoms with Crippen LogP contribution >= 0.6 is 0 Å². The van der Waals surface area contributed by atoms with Gasteiger partial charge in [-0.05, 0) is 44.8 Å². The SMILES string of the molecule is CCCN(CCC)CCCCCCCCCCCCCCC(C)C. The molecule has 0 N–H and O–H groups in total. The summed E-state index contributed by atoms with van der Waals surface area (Å²) < 4.78 is 0. The van der Waals surface area contributed by atoms with Crippen molar-refractivity contribution >= 4 is 0 Å². The monoisotopic (exact) mass is 339 g/mol. The fraction of sp³-hybridized carbons (Fsp3) is 1.00. The largest absolute Gasteiger partial charge is 0.303 e. The molecule has 0 saturated carbocycles. The van der Waals surface area contributed by atoms with Crippen LogP contribution in [-0.4, -0.2) is 24.5 Å². The van der Waals surface area contributed by atoms with E-state index in [-0.39, 0.29) is 0 Å². The molecule has 0 aromatic heterocycles. The first-order valence-electron chi connectivity index (χ1n) is 11.4. The minimum absolute atomic E-state index is 0.895. The summed E-state index contributed by atoms with van der Waals surface area (Å²) in [5.41, 5.74) is 0. The standard InChI is InChI=1S/C23H49N/c1-5-20-24(21-6-2)22-18-16-14-12-10-8-7-9-11-13-15-17-19-23(3)4/h23H,5-22H2,1-4H3. The summed E-state index contributed by atoms with van der Waals surface area (Å²) in [5.74, 6) is 0.895. The number of rotatable bonds is 19. The van der Waals surface area contributed by atoms with Gasteiger partial charge in [-0.15, -0.1) is 0 Å². The fourth-order valence-corrected chi connectivity index (χ4v) is 3.62. The summed E-state index contributed by atoms with van der Waals surface area (Å²) in [6, 6.07) is 0. The summed E-state index contributed by atoms with van der Waals surface area (Å²) in [4.78, 5) is 2.65. The maximum Gasteiger partial charge on any atom is -0.00187 e. The van der Waals surface area contributed by atoms with Gasteiger partial charge in [0.1, 0.15) is 0 Å². The minimum atomic E-state index is 0.895. The van der Waals surface area contributed by atoms with Crippen LogP contribution in [0.3, 0.4) is 0 Å². The Kier molecular flexibility index (Phi) is 19.3. The van der Waals surface area contributed by atoms with Gasteiger partial charge in [-0.3, -0.25) is 0 Å². The van der Waals surface area contributed by atoms with Crippen LogP contribution in [0.4, 0.5) is 0 Å². The van der Waals surface area contributed by atoms with Crippen molar-refractivity contribution in [1.29, 1.82) is 0 Å². The summed E-state index contributed by atoms with van der Waals surface area (Å²) in [5, 5.41) is 0. The summed E-state index contributed by atoms with van der Waals surface area (Å²) >= 11 is 0. The molecule has 1 heteroatoms. The molecule has 1 nitrogen and oxygen atoms in total. The fourth-order valence-electron chi connectivity index (χ4n) is 3.62. The molecule has 0 atom stereocenters. The Balaban J connectivity index is 3.17. The predicted octanol–water partition coefficient (Wildman–Crippen LogP) is 7.84. The first-order valence-corrected chi connectivity index (χ1v) is 11.4. The van der Waals surface area contributed by atoms with E-state index in [4.69, 9.17) is 0 Å². The molecule has 24 heavy (non-hydrogen) atoms. The van der Waals surface area contributed by atoms with Gasteiger partial charge in [-0.1, -0.05) is 105 Å². The molecule has 146 valence electrons. The van der Waals surface area contributed by atoms with E-state index in [9.17, 15) is 0 Å². The second-order valence-corrected chi connectivity index (χ2v) is 8.27. The molecule has 0 aromatic rings. The Labute approximate surface area is 155 Å². The van der Waals surface area contributed by atoms with Gasteiger partial charge < -0.3 is 4.90 Å². The van der Waals surface area contributed by atoms with Gasteiger partial charge in [-0.2, -0.15) is 0 Å². The van der Waals surface area contributed by atoms with Gasteiger partial charge >= 0.3 is 0 Å². The highest BCUT2D eigenvalue weighted by atomic mass is 15.1. The van der Waals surface area contributed by atoms with Crippen molar-refractivity contribution in [3.63, 3.8) is 0 Å². The minimum Gasteiger partial charge on any atom is -0.303 e. The van der Waals surface area contributed by atoms with Crippen molar-refractivity contribution < 1.29 is 0 Å². The summed E-state index contributed by atoms with van der Waals surface area (Å²) in [7, 11) is 0. The lowest BCUT2D eigenvalue weighted by molar-refractivity contribution is 0.267.